The Labute approximate surface area is 305 Å². The molecule has 0 aliphatic heterocycles. The monoisotopic (exact) mass is 660 g/mol. The van der Waals surface area contributed by atoms with Gasteiger partial charge in [0.1, 0.15) is 0 Å². The van der Waals surface area contributed by atoms with Crippen LogP contribution in [-0.2, 0) is 25.7 Å². The first-order valence-corrected chi connectivity index (χ1v) is 18.6. The summed E-state index contributed by atoms with van der Waals surface area (Å²) in [6, 6.07) is 63.3. The molecule has 0 fully saturated rings. The summed E-state index contributed by atoms with van der Waals surface area (Å²) in [6.45, 7) is 0. The largest absolute Gasteiger partial charge is 0.0622 e. The maximum Gasteiger partial charge on any atom is -0.000101 e. The van der Waals surface area contributed by atoms with Crippen molar-refractivity contribution in [3.8, 4) is 66.8 Å². The summed E-state index contributed by atoms with van der Waals surface area (Å²) < 4.78 is 0. The molecule has 244 valence electrons. The molecule has 0 atom stereocenters. The van der Waals surface area contributed by atoms with Crippen molar-refractivity contribution in [3.63, 3.8) is 0 Å². The lowest BCUT2D eigenvalue weighted by atomic mass is 9.75. The van der Waals surface area contributed by atoms with Gasteiger partial charge in [-0.3, -0.25) is 0 Å². The molecule has 0 heterocycles. The molecule has 0 N–H and O–H groups in total. The predicted octanol–water partition coefficient (Wildman–Crippen LogP) is 13.0. The summed E-state index contributed by atoms with van der Waals surface area (Å²) in [7, 11) is 0. The highest BCUT2D eigenvalue weighted by Crippen LogP contribution is 2.53. The van der Waals surface area contributed by atoms with Gasteiger partial charge in [0.15, 0.2) is 0 Å². The van der Waals surface area contributed by atoms with Crippen molar-refractivity contribution < 1.29 is 0 Å². The zero-order chi connectivity index (χ0) is 34.2. The van der Waals surface area contributed by atoms with E-state index in [1.54, 1.807) is 0 Å². The fraction of sp³-hybridized carbons (Fsp3) is 0.0769. The van der Waals surface area contributed by atoms with Gasteiger partial charge in [0.2, 0.25) is 0 Å². The number of hydrogen-bond donors (Lipinski definition) is 0. The topological polar surface area (TPSA) is 0 Å². The quantitative estimate of drug-likeness (QED) is 0.176. The normalized spacial score (nSPS) is 13.1. The van der Waals surface area contributed by atoms with E-state index in [0.717, 1.165) is 25.7 Å². The lowest BCUT2D eigenvalue weighted by Crippen LogP contribution is -2.13. The third-order valence-electron chi connectivity index (χ3n) is 11.9. The molecule has 0 unspecified atom stereocenters. The third kappa shape index (κ3) is 4.47. The summed E-state index contributed by atoms with van der Waals surface area (Å²) in [5.74, 6) is 0. The summed E-state index contributed by atoms with van der Waals surface area (Å²) >= 11 is 0. The van der Waals surface area contributed by atoms with Crippen molar-refractivity contribution in [2.24, 2.45) is 0 Å². The second-order valence-electron chi connectivity index (χ2n) is 14.7. The van der Waals surface area contributed by atoms with E-state index in [2.05, 4.69) is 170 Å². The zero-order valence-electron chi connectivity index (χ0n) is 29.0. The second-order valence-corrected chi connectivity index (χ2v) is 14.7. The highest BCUT2D eigenvalue weighted by atomic mass is 14.4. The van der Waals surface area contributed by atoms with Crippen molar-refractivity contribution in [1.82, 2.24) is 0 Å². The molecule has 0 nitrogen and oxygen atoms in total. The van der Waals surface area contributed by atoms with Gasteiger partial charge in [-0.05, 0) is 137 Å². The van der Waals surface area contributed by atoms with E-state index in [-0.39, 0.29) is 0 Å². The molecule has 8 aromatic carbocycles. The van der Waals surface area contributed by atoms with Crippen LogP contribution in [0.4, 0.5) is 0 Å². The zero-order valence-corrected chi connectivity index (χ0v) is 29.0. The molecule has 11 rings (SSSR count). The van der Waals surface area contributed by atoms with Crippen LogP contribution >= 0.6 is 0 Å². The molecule has 0 aromatic heterocycles. The van der Waals surface area contributed by atoms with E-state index in [4.69, 9.17) is 0 Å². The van der Waals surface area contributed by atoms with Gasteiger partial charge in [-0.1, -0.05) is 170 Å². The Kier molecular flexibility index (Phi) is 6.61. The van der Waals surface area contributed by atoms with E-state index >= 15 is 0 Å². The molecule has 8 aromatic rings. The van der Waals surface area contributed by atoms with E-state index in [1.807, 2.05) is 0 Å². The van der Waals surface area contributed by atoms with Crippen LogP contribution in [0.3, 0.4) is 0 Å². The lowest BCUT2D eigenvalue weighted by Gasteiger charge is -2.29. The van der Waals surface area contributed by atoms with Crippen LogP contribution in [0, 0.1) is 0 Å². The third-order valence-corrected chi connectivity index (χ3v) is 11.9. The minimum atomic E-state index is 0.934. The number of benzene rings is 8. The fourth-order valence-corrected chi connectivity index (χ4v) is 9.70. The van der Waals surface area contributed by atoms with Gasteiger partial charge >= 0.3 is 0 Å². The maximum atomic E-state index is 2.57. The Bertz CT molecular complexity index is 2500. The van der Waals surface area contributed by atoms with Crippen LogP contribution in [0.15, 0.2) is 170 Å². The van der Waals surface area contributed by atoms with Gasteiger partial charge in [0.25, 0.3) is 0 Å². The highest BCUT2D eigenvalue weighted by Gasteiger charge is 2.34. The molecule has 0 heteroatoms. The van der Waals surface area contributed by atoms with Gasteiger partial charge in [0, 0.05) is 0 Å². The molecular formula is C52H36. The Morgan fingerprint density at radius 1 is 0.231 bits per heavy atom. The maximum absolute atomic E-state index is 2.57. The molecule has 0 spiro atoms. The van der Waals surface area contributed by atoms with E-state index < -0.39 is 0 Å². The summed E-state index contributed by atoms with van der Waals surface area (Å²) in [5.41, 5.74) is 28.3. The lowest BCUT2D eigenvalue weighted by molar-refractivity contribution is 0.997. The molecule has 0 saturated heterocycles. The van der Waals surface area contributed by atoms with Crippen LogP contribution in [-0.4, -0.2) is 0 Å². The average Bonchev–Trinajstić information content (AvgIpc) is 3.77. The minimum Gasteiger partial charge on any atom is -0.0622 e. The summed E-state index contributed by atoms with van der Waals surface area (Å²) in [5, 5.41) is 0. The molecule has 3 aliphatic rings. The molecule has 0 amide bonds. The SMILES string of the molecule is c1ccc(-c2cccc3c2Cc2c-3cc3c(c2-c2ccccc2)Cc2c(cc4c(c2-c2ccccc2)Cc2c(-c5ccccc5)cccc2-4)C3)cc1. The van der Waals surface area contributed by atoms with Crippen molar-refractivity contribution in [2.75, 3.05) is 0 Å². The van der Waals surface area contributed by atoms with Crippen LogP contribution in [0.1, 0.15) is 44.5 Å². The molecule has 3 aliphatic carbocycles. The van der Waals surface area contributed by atoms with Gasteiger partial charge in [-0.25, -0.2) is 0 Å². The van der Waals surface area contributed by atoms with Gasteiger partial charge in [0.05, 0.1) is 0 Å². The van der Waals surface area contributed by atoms with Crippen LogP contribution < -0.4 is 0 Å². The smallest absolute Gasteiger partial charge is 0.000101 e. The van der Waals surface area contributed by atoms with Crippen LogP contribution in [0.5, 0.6) is 0 Å². The number of rotatable bonds is 4. The minimum absolute atomic E-state index is 0.934. The van der Waals surface area contributed by atoms with Crippen LogP contribution in [0.2, 0.25) is 0 Å². The van der Waals surface area contributed by atoms with Crippen molar-refractivity contribution >= 4 is 0 Å². The second kappa shape index (κ2) is 11.7. The van der Waals surface area contributed by atoms with Gasteiger partial charge in [-0.15, -0.1) is 0 Å². The molecule has 0 radical (unpaired) electrons. The highest BCUT2D eigenvalue weighted by molar-refractivity contribution is 5.95. The van der Waals surface area contributed by atoms with E-state index in [0.29, 0.717) is 0 Å². The van der Waals surface area contributed by atoms with Crippen molar-refractivity contribution in [2.45, 2.75) is 25.7 Å². The summed E-state index contributed by atoms with van der Waals surface area (Å²) in [6.07, 6.45) is 3.77. The fourth-order valence-electron chi connectivity index (χ4n) is 9.70. The number of hydrogen-bond acceptors (Lipinski definition) is 0. The average molecular weight is 661 g/mol. The van der Waals surface area contributed by atoms with E-state index in [1.165, 1.54) is 111 Å². The molecule has 0 bridgehead atoms. The Morgan fingerprint density at radius 2 is 0.577 bits per heavy atom. The van der Waals surface area contributed by atoms with Crippen molar-refractivity contribution in [3.05, 3.63) is 214 Å². The van der Waals surface area contributed by atoms with E-state index in [9.17, 15) is 0 Å². The summed E-state index contributed by atoms with van der Waals surface area (Å²) in [4.78, 5) is 0. The predicted molar refractivity (Wildman–Crippen MR) is 217 cm³/mol. The first-order chi connectivity index (χ1) is 25.8. The molecular weight excluding hydrogens is 625 g/mol. The Balaban J connectivity index is 1.13. The molecule has 52 heavy (non-hydrogen) atoms. The van der Waals surface area contributed by atoms with Gasteiger partial charge in [-0.2, -0.15) is 0 Å². The Morgan fingerprint density at radius 3 is 0.981 bits per heavy atom. The Hall–Kier alpha value is -6.24. The standard InChI is InChI=1S/C52H36/c1-5-15-33(16-6-1)39-23-13-25-41-45-28-37-27-38-29-46-42-26-14-24-40(34-17-7-2-8-18-34)48(42)32-50(46)52(36-21-11-4-12-22-36)44(38)30-43(37)51(49(45)31-47(39)41)35-19-9-3-10-20-35/h1-26,28-29H,27,30-32H2. The first-order valence-electron chi connectivity index (χ1n) is 18.6. The van der Waals surface area contributed by atoms with Crippen LogP contribution in [0.25, 0.3) is 66.8 Å². The first kappa shape index (κ1) is 29.5. The molecule has 0 saturated carbocycles. The van der Waals surface area contributed by atoms with Gasteiger partial charge < -0.3 is 0 Å². The number of fused-ring (bicyclic) bond motifs is 8. The van der Waals surface area contributed by atoms with Crippen molar-refractivity contribution in [1.29, 1.82) is 0 Å².